The Morgan fingerprint density at radius 3 is 3.00 bits per heavy atom. The maximum Gasteiger partial charge on any atom is 0.191 e. The van der Waals surface area contributed by atoms with E-state index in [1.807, 2.05) is 12.1 Å². The van der Waals surface area contributed by atoms with Crippen LogP contribution < -0.4 is 10.6 Å². The highest BCUT2D eigenvalue weighted by molar-refractivity contribution is 5.80. The second-order valence-corrected chi connectivity index (χ2v) is 6.72. The summed E-state index contributed by atoms with van der Waals surface area (Å²) in [5.41, 5.74) is 0. The van der Waals surface area contributed by atoms with E-state index in [9.17, 15) is 0 Å². The SMILES string of the molecule is COCC(NC(=NCC1CCOC1)NCCc1ccco1)C1CC1. The van der Waals surface area contributed by atoms with Crippen LogP contribution in [0.4, 0.5) is 0 Å². The van der Waals surface area contributed by atoms with Crippen molar-refractivity contribution in [1.82, 2.24) is 10.6 Å². The molecule has 2 unspecified atom stereocenters. The number of furan rings is 1. The predicted molar refractivity (Wildman–Crippen MR) is 93.2 cm³/mol. The molecule has 6 heteroatoms. The van der Waals surface area contributed by atoms with Gasteiger partial charge in [-0.2, -0.15) is 0 Å². The lowest BCUT2D eigenvalue weighted by Crippen LogP contribution is -2.47. The molecule has 0 aromatic carbocycles. The van der Waals surface area contributed by atoms with Crippen LogP contribution >= 0.6 is 0 Å². The lowest BCUT2D eigenvalue weighted by Gasteiger charge is -2.21. The minimum Gasteiger partial charge on any atom is -0.469 e. The molecule has 0 spiro atoms. The molecule has 2 atom stereocenters. The molecule has 1 aromatic rings. The summed E-state index contributed by atoms with van der Waals surface area (Å²) in [6, 6.07) is 4.26. The monoisotopic (exact) mass is 335 g/mol. The van der Waals surface area contributed by atoms with Crippen molar-refractivity contribution in [1.29, 1.82) is 0 Å². The van der Waals surface area contributed by atoms with Crippen LogP contribution in [0.5, 0.6) is 0 Å². The first-order valence-electron chi connectivity index (χ1n) is 8.99. The molecule has 1 aliphatic heterocycles. The average molecular weight is 335 g/mol. The number of nitrogens with one attached hydrogen (secondary N) is 2. The van der Waals surface area contributed by atoms with E-state index in [1.165, 1.54) is 12.8 Å². The predicted octanol–water partition coefficient (Wildman–Crippen LogP) is 1.82. The first kappa shape index (κ1) is 17.3. The van der Waals surface area contributed by atoms with Crippen molar-refractivity contribution in [2.75, 3.05) is 40.0 Å². The number of guanidine groups is 1. The Bertz CT molecular complexity index is 494. The molecule has 2 aliphatic rings. The van der Waals surface area contributed by atoms with Gasteiger partial charge in [0.15, 0.2) is 5.96 Å². The van der Waals surface area contributed by atoms with Gasteiger partial charge in [0.1, 0.15) is 5.76 Å². The van der Waals surface area contributed by atoms with Gasteiger partial charge in [-0.05, 0) is 37.3 Å². The third-order valence-electron chi connectivity index (χ3n) is 4.63. The van der Waals surface area contributed by atoms with E-state index < -0.39 is 0 Å². The number of hydrogen-bond acceptors (Lipinski definition) is 4. The van der Waals surface area contributed by atoms with Crippen molar-refractivity contribution in [3.8, 4) is 0 Å². The number of methoxy groups -OCH3 is 1. The quantitative estimate of drug-likeness (QED) is 0.532. The number of rotatable bonds is 9. The molecular formula is C18H29N3O3. The number of ether oxygens (including phenoxy) is 2. The van der Waals surface area contributed by atoms with E-state index in [0.29, 0.717) is 17.9 Å². The van der Waals surface area contributed by atoms with Crippen LogP contribution in [0.1, 0.15) is 25.0 Å². The van der Waals surface area contributed by atoms with Crippen molar-refractivity contribution >= 4 is 5.96 Å². The summed E-state index contributed by atoms with van der Waals surface area (Å²) in [5, 5.41) is 7.00. The van der Waals surface area contributed by atoms with Gasteiger partial charge >= 0.3 is 0 Å². The molecule has 24 heavy (non-hydrogen) atoms. The lowest BCUT2D eigenvalue weighted by molar-refractivity contribution is 0.165. The van der Waals surface area contributed by atoms with Crippen LogP contribution in [0.2, 0.25) is 0 Å². The second-order valence-electron chi connectivity index (χ2n) is 6.72. The molecule has 1 aliphatic carbocycles. The maximum absolute atomic E-state index is 5.44. The average Bonchev–Trinajstić information content (AvgIpc) is 3.07. The molecule has 3 rings (SSSR count). The van der Waals surface area contributed by atoms with Crippen LogP contribution in [0.15, 0.2) is 27.8 Å². The normalized spacial score (nSPS) is 22.5. The van der Waals surface area contributed by atoms with Gasteiger partial charge in [0.05, 0.1) is 25.5 Å². The van der Waals surface area contributed by atoms with Gasteiger partial charge in [0, 0.05) is 39.1 Å². The Labute approximate surface area is 144 Å². The molecule has 6 nitrogen and oxygen atoms in total. The van der Waals surface area contributed by atoms with Gasteiger partial charge in [-0.15, -0.1) is 0 Å². The van der Waals surface area contributed by atoms with E-state index in [4.69, 9.17) is 18.9 Å². The van der Waals surface area contributed by atoms with Gasteiger partial charge in [-0.3, -0.25) is 4.99 Å². The van der Waals surface area contributed by atoms with E-state index in [0.717, 1.165) is 57.5 Å². The Kier molecular flexibility index (Phi) is 6.55. The van der Waals surface area contributed by atoms with Crippen LogP contribution in [-0.2, 0) is 15.9 Å². The molecule has 1 saturated carbocycles. The van der Waals surface area contributed by atoms with Crippen LogP contribution in [0, 0.1) is 11.8 Å². The topological polar surface area (TPSA) is 68.0 Å². The van der Waals surface area contributed by atoms with Crippen LogP contribution in [0.25, 0.3) is 0 Å². The molecule has 134 valence electrons. The van der Waals surface area contributed by atoms with E-state index in [2.05, 4.69) is 10.6 Å². The minimum atomic E-state index is 0.338. The fourth-order valence-electron chi connectivity index (χ4n) is 3.01. The van der Waals surface area contributed by atoms with Crippen molar-refractivity contribution in [3.05, 3.63) is 24.2 Å². The van der Waals surface area contributed by atoms with Gasteiger partial charge in [0.2, 0.25) is 0 Å². The Morgan fingerprint density at radius 2 is 2.33 bits per heavy atom. The third kappa shape index (κ3) is 5.53. The zero-order valence-electron chi connectivity index (χ0n) is 14.5. The molecule has 0 bridgehead atoms. The van der Waals surface area contributed by atoms with E-state index in [-0.39, 0.29) is 0 Å². The Balaban J connectivity index is 1.52. The summed E-state index contributed by atoms with van der Waals surface area (Å²) in [4.78, 5) is 4.79. The Morgan fingerprint density at radius 1 is 1.42 bits per heavy atom. The summed E-state index contributed by atoms with van der Waals surface area (Å²) in [5.74, 6) is 3.11. The van der Waals surface area contributed by atoms with Crippen molar-refractivity contribution in [2.24, 2.45) is 16.8 Å². The van der Waals surface area contributed by atoms with E-state index in [1.54, 1.807) is 13.4 Å². The highest BCUT2D eigenvalue weighted by Gasteiger charge is 2.31. The number of aliphatic imine (C=N–C) groups is 1. The molecule has 0 amide bonds. The smallest absolute Gasteiger partial charge is 0.191 e. The summed E-state index contributed by atoms with van der Waals surface area (Å²) in [6.45, 7) is 4.01. The van der Waals surface area contributed by atoms with Crippen LogP contribution in [0.3, 0.4) is 0 Å². The fraction of sp³-hybridized carbons (Fsp3) is 0.722. The molecular weight excluding hydrogens is 306 g/mol. The van der Waals surface area contributed by atoms with Gasteiger partial charge in [-0.1, -0.05) is 0 Å². The largest absolute Gasteiger partial charge is 0.469 e. The number of hydrogen-bond donors (Lipinski definition) is 2. The first-order valence-corrected chi connectivity index (χ1v) is 8.99. The van der Waals surface area contributed by atoms with Crippen molar-refractivity contribution in [2.45, 2.75) is 31.7 Å². The summed E-state index contributed by atoms with van der Waals surface area (Å²) >= 11 is 0. The fourth-order valence-corrected chi connectivity index (χ4v) is 3.01. The van der Waals surface area contributed by atoms with Crippen molar-refractivity contribution in [3.63, 3.8) is 0 Å². The van der Waals surface area contributed by atoms with Gasteiger partial charge in [-0.25, -0.2) is 0 Å². The molecule has 2 fully saturated rings. The highest BCUT2D eigenvalue weighted by Crippen LogP contribution is 2.32. The van der Waals surface area contributed by atoms with E-state index >= 15 is 0 Å². The van der Waals surface area contributed by atoms with Gasteiger partial charge < -0.3 is 24.5 Å². The van der Waals surface area contributed by atoms with Gasteiger partial charge in [0.25, 0.3) is 0 Å². The number of nitrogens with zero attached hydrogens (tertiary/aromatic N) is 1. The summed E-state index contributed by atoms with van der Waals surface area (Å²) in [7, 11) is 1.76. The van der Waals surface area contributed by atoms with Crippen LogP contribution in [-0.4, -0.2) is 52.0 Å². The lowest BCUT2D eigenvalue weighted by atomic mass is 10.1. The molecule has 1 saturated heterocycles. The standard InChI is InChI=1S/C18H29N3O3/c1-22-13-17(15-4-5-15)21-18(20-11-14-7-10-23-12-14)19-8-6-16-3-2-9-24-16/h2-3,9,14-15,17H,4-8,10-13H2,1H3,(H2,19,20,21). The highest BCUT2D eigenvalue weighted by atomic mass is 16.5. The molecule has 1 aromatic heterocycles. The summed E-state index contributed by atoms with van der Waals surface area (Å²) < 4.78 is 16.2. The maximum atomic E-state index is 5.44. The Hall–Kier alpha value is -1.53. The zero-order valence-corrected chi connectivity index (χ0v) is 14.5. The third-order valence-corrected chi connectivity index (χ3v) is 4.63. The summed E-state index contributed by atoms with van der Waals surface area (Å²) in [6.07, 6.45) is 6.21. The minimum absolute atomic E-state index is 0.338. The first-order chi connectivity index (χ1) is 11.8. The second kappa shape index (κ2) is 9.08. The molecule has 2 N–H and O–H groups in total. The molecule has 2 heterocycles. The molecule has 0 radical (unpaired) electrons. The zero-order chi connectivity index (χ0) is 16.6. The van der Waals surface area contributed by atoms with Crippen molar-refractivity contribution < 1.29 is 13.9 Å².